The van der Waals surface area contributed by atoms with Crippen LogP contribution >= 0.6 is 0 Å². The SMILES string of the molecule is Cc1ccccc1Cn1cc(C(C)(C)C)nn1. The van der Waals surface area contributed by atoms with Gasteiger partial charge in [0.05, 0.1) is 12.2 Å². The van der Waals surface area contributed by atoms with Crippen molar-refractivity contribution in [3.8, 4) is 0 Å². The van der Waals surface area contributed by atoms with E-state index in [9.17, 15) is 0 Å². The minimum absolute atomic E-state index is 0.0595. The topological polar surface area (TPSA) is 30.7 Å². The molecule has 0 unspecified atom stereocenters. The van der Waals surface area contributed by atoms with E-state index < -0.39 is 0 Å². The lowest BCUT2D eigenvalue weighted by Gasteiger charge is -2.13. The minimum atomic E-state index is 0.0595. The van der Waals surface area contributed by atoms with Gasteiger partial charge in [-0.25, -0.2) is 4.68 Å². The molecule has 0 fully saturated rings. The van der Waals surface area contributed by atoms with Crippen LogP contribution in [-0.2, 0) is 12.0 Å². The van der Waals surface area contributed by atoms with Crippen LogP contribution in [0.2, 0.25) is 0 Å². The van der Waals surface area contributed by atoms with Gasteiger partial charge in [-0.1, -0.05) is 50.3 Å². The highest BCUT2D eigenvalue weighted by molar-refractivity contribution is 5.25. The van der Waals surface area contributed by atoms with Crippen LogP contribution in [0, 0.1) is 6.92 Å². The van der Waals surface area contributed by atoms with Crippen molar-refractivity contribution >= 4 is 0 Å². The Kier molecular flexibility index (Phi) is 3.01. The number of aromatic nitrogens is 3. The third-order valence-corrected chi connectivity index (χ3v) is 2.90. The molecule has 0 aliphatic heterocycles. The van der Waals surface area contributed by atoms with Gasteiger partial charge in [0.25, 0.3) is 0 Å². The monoisotopic (exact) mass is 229 g/mol. The lowest BCUT2D eigenvalue weighted by atomic mass is 9.93. The first kappa shape index (κ1) is 11.8. The Hall–Kier alpha value is -1.64. The van der Waals surface area contributed by atoms with Crippen molar-refractivity contribution in [1.29, 1.82) is 0 Å². The molecule has 0 spiro atoms. The molecule has 1 aromatic heterocycles. The average molecular weight is 229 g/mol. The third-order valence-electron chi connectivity index (χ3n) is 2.90. The van der Waals surface area contributed by atoms with E-state index in [4.69, 9.17) is 0 Å². The second kappa shape index (κ2) is 4.32. The van der Waals surface area contributed by atoms with E-state index in [0.29, 0.717) is 0 Å². The largest absolute Gasteiger partial charge is 0.248 e. The lowest BCUT2D eigenvalue weighted by molar-refractivity contribution is 0.566. The van der Waals surface area contributed by atoms with Gasteiger partial charge in [-0.3, -0.25) is 0 Å². The Bertz CT molecular complexity index is 506. The van der Waals surface area contributed by atoms with E-state index in [0.717, 1.165) is 12.2 Å². The molecule has 0 saturated heterocycles. The summed E-state index contributed by atoms with van der Waals surface area (Å²) >= 11 is 0. The highest BCUT2D eigenvalue weighted by Crippen LogP contribution is 2.19. The van der Waals surface area contributed by atoms with Crippen LogP contribution in [0.4, 0.5) is 0 Å². The van der Waals surface area contributed by atoms with Crippen LogP contribution in [0.1, 0.15) is 37.6 Å². The van der Waals surface area contributed by atoms with E-state index in [1.807, 2.05) is 10.9 Å². The summed E-state index contributed by atoms with van der Waals surface area (Å²) in [6, 6.07) is 8.37. The number of hydrogen-bond donors (Lipinski definition) is 0. The van der Waals surface area contributed by atoms with Gasteiger partial charge in [-0.2, -0.15) is 0 Å². The second-order valence-corrected chi connectivity index (χ2v) is 5.48. The summed E-state index contributed by atoms with van der Waals surface area (Å²) in [6.07, 6.45) is 2.03. The van der Waals surface area contributed by atoms with E-state index >= 15 is 0 Å². The molecule has 0 amide bonds. The van der Waals surface area contributed by atoms with E-state index in [1.165, 1.54) is 11.1 Å². The van der Waals surface area contributed by atoms with Crippen molar-refractivity contribution < 1.29 is 0 Å². The molecule has 90 valence electrons. The van der Waals surface area contributed by atoms with Gasteiger partial charge in [-0.15, -0.1) is 5.10 Å². The number of aryl methyl sites for hydroxylation is 1. The molecule has 0 aliphatic rings. The molecule has 3 heteroatoms. The smallest absolute Gasteiger partial charge is 0.0880 e. The van der Waals surface area contributed by atoms with Crippen LogP contribution < -0.4 is 0 Å². The molecule has 3 nitrogen and oxygen atoms in total. The lowest BCUT2D eigenvalue weighted by Crippen LogP contribution is -2.11. The Morgan fingerprint density at radius 3 is 2.47 bits per heavy atom. The predicted molar refractivity (Wildman–Crippen MR) is 69.0 cm³/mol. The van der Waals surface area contributed by atoms with Gasteiger partial charge < -0.3 is 0 Å². The van der Waals surface area contributed by atoms with Crippen LogP contribution in [0.3, 0.4) is 0 Å². The zero-order chi connectivity index (χ0) is 12.5. The molecule has 2 rings (SSSR count). The maximum absolute atomic E-state index is 4.23. The van der Waals surface area contributed by atoms with Crippen molar-refractivity contribution in [3.05, 3.63) is 47.3 Å². The van der Waals surface area contributed by atoms with Crippen molar-refractivity contribution in [2.24, 2.45) is 0 Å². The predicted octanol–water partition coefficient (Wildman–Crippen LogP) is 2.93. The van der Waals surface area contributed by atoms with Crippen molar-refractivity contribution in [2.45, 2.75) is 39.7 Å². The normalized spacial score (nSPS) is 11.8. The summed E-state index contributed by atoms with van der Waals surface area (Å²) in [4.78, 5) is 0. The Balaban J connectivity index is 2.21. The van der Waals surface area contributed by atoms with Gasteiger partial charge in [0, 0.05) is 11.6 Å². The standard InChI is InChI=1S/C14H19N3/c1-11-7-5-6-8-12(11)9-17-10-13(15-16-17)14(2,3)4/h5-8,10H,9H2,1-4H3. The molecule has 0 bridgehead atoms. The van der Waals surface area contributed by atoms with Crippen LogP contribution in [-0.4, -0.2) is 15.0 Å². The van der Waals surface area contributed by atoms with Crippen LogP contribution in [0.25, 0.3) is 0 Å². The summed E-state index contributed by atoms with van der Waals surface area (Å²) in [5.74, 6) is 0. The molecular formula is C14H19N3. The molecule has 17 heavy (non-hydrogen) atoms. The zero-order valence-corrected chi connectivity index (χ0v) is 10.9. The fourth-order valence-corrected chi connectivity index (χ4v) is 1.68. The number of nitrogens with zero attached hydrogens (tertiary/aromatic N) is 3. The zero-order valence-electron chi connectivity index (χ0n) is 10.9. The third kappa shape index (κ3) is 2.73. The molecule has 0 aliphatic carbocycles. The Morgan fingerprint density at radius 2 is 1.88 bits per heavy atom. The quantitative estimate of drug-likeness (QED) is 0.792. The van der Waals surface area contributed by atoms with E-state index in [2.05, 4.69) is 62.3 Å². The average Bonchev–Trinajstić information content (AvgIpc) is 2.69. The van der Waals surface area contributed by atoms with Crippen molar-refractivity contribution in [3.63, 3.8) is 0 Å². The molecule has 0 radical (unpaired) electrons. The molecule has 0 saturated carbocycles. The van der Waals surface area contributed by atoms with Gasteiger partial charge in [0.15, 0.2) is 0 Å². The summed E-state index contributed by atoms with van der Waals surface area (Å²) in [7, 11) is 0. The first-order valence-corrected chi connectivity index (χ1v) is 5.92. The Labute approximate surface area is 102 Å². The molecule has 1 heterocycles. The Morgan fingerprint density at radius 1 is 1.18 bits per heavy atom. The molecule has 2 aromatic rings. The highest BCUT2D eigenvalue weighted by Gasteiger charge is 2.17. The van der Waals surface area contributed by atoms with Gasteiger partial charge in [0.1, 0.15) is 0 Å². The fraction of sp³-hybridized carbons (Fsp3) is 0.429. The number of rotatable bonds is 2. The number of hydrogen-bond acceptors (Lipinski definition) is 2. The first-order valence-electron chi connectivity index (χ1n) is 5.92. The summed E-state index contributed by atoms with van der Waals surface area (Å²) in [5.41, 5.74) is 3.67. The van der Waals surface area contributed by atoms with Crippen LogP contribution in [0.5, 0.6) is 0 Å². The van der Waals surface area contributed by atoms with E-state index in [-0.39, 0.29) is 5.41 Å². The fourth-order valence-electron chi connectivity index (χ4n) is 1.68. The van der Waals surface area contributed by atoms with Gasteiger partial charge in [0.2, 0.25) is 0 Å². The van der Waals surface area contributed by atoms with Gasteiger partial charge in [-0.05, 0) is 18.1 Å². The molecule has 0 N–H and O–H groups in total. The summed E-state index contributed by atoms with van der Waals surface area (Å²) < 4.78 is 1.91. The van der Waals surface area contributed by atoms with Crippen molar-refractivity contribution in [1.82, 2.24) is 15.0 Å². The van der Waals surface area contributed by atoms with E-state index in [1.54, 1.807) is 0 Å². The molecule has 1 aromatic carbocycles. The van der Waals surface area contributed by atoms with Crippen LogP contribution in [0.15, 0.2) is 30.5 Å². The molecular weight excluding hydrogens is 210 g/mol. The second-order valence-electron chi connectivity index (χ2n) is 5.48. The summed E-state index contributed by atoms with van der Waals surface area (Å²) in [6.45, 7) is 9.35. The first-order chi connectivity index (χ1) is 7.97. The summed E-state index contributed by atoms with van der Waals surface area (Å²) in [5, 5.41) is 8.41. The number of benzene rings is 1. The maximum atomic E-state index is 4.23. The highest BCUT2D eigenvalue weighted by atomic mass is 15.4. The minimum Gasteiger partial charge on any atom is -0.248 e. The molecule has 0 atom stereocenters. The van der Waals surface area contributed by atoms with Crippen molar-refractivity contribution in [2.75, 3.05) is 0 Å². The van der Waals surface area contributed by atoms with Gasteiger partial charge >= 0.3 is 0 Å². The maximum Gasteiger partial charge on any atom is 0.0880 e.